The molecule has 1 aliphatic rings. The van der Waals surface area contributed by atoms with Gasteiger partial charge in [-0.1, -0.05) is 0 Å². The van der Waals surface area contributed by atoms with Gasteiger partial charge in [-0.2, -0.15) is 5.10 Å². The minimum absolute atomic E-state index is 0.0237. The molecule has 2 rings (SSSR count). The number of anilines is 1. The molecule has 2 heterocycles. The second-order valence-corrected chi connectivity index (χ2v) is 5.44. The lowest BCUT2D eigenvalue weighted by Gasteiger charge is -2.41. The first-order chi connectivity index (χ1) is 8.30. The monoisotopic (exact) mass is 252 g/mol. The molecule has 0 aliphatic carbocycles. The van der Waals surface area contributed by atoms with Crippen molar-refractivity contribution in [3.63, 3.8) is 0 Å². The summed E-state index contributed by atoms with van der Waals surface area (Å²) in [7, 11) is 1.72. The molecule has 100 valence electrons. The Morgan fingerprint density at radius 1 is 1.61 bits per heavy atom. The van der Waals surface area contributed by atoms with Crippen molar-refractivity contribution < 1.29 is 9.53 Å². The largest absolute Gasteiger partial charge is 0.383 e. The Balaban J connectivity index is 2.21. The number of nitrogens with two attached hydrogens (primary N) is 1. The Morgan fingerprint density at radius 2 is 2.28 bits per heavy atom. The van der Waals surface area contributed by atoms with E-state index in [4.69, 9.17) is 10.5 Å². The van der Waals surface area contributed by atoms with Crippen molar-refractivity contribution in [2.24, 2.45) is 7.05 Å². The average Bonchev–Trinajstić information content (AvgIpc) is 2.56. The number of carbonyl (C=O) groups is 1. The Hall–Kier alpha value is -1.56. The van der Waals surface area contributed by atoms with Gasteiger partial charge in [-0.05, 0) is 20.8 Å². The summed E-state index contributed by atoms with van der Waals surface area (Å²) in [5.74, 6) is 0.320. The summed E-state index contributed by atoms with van der Waals surface area (Å²) in [5.41, 5.74) is 5.97. The molecule has 1 aromatic rings. The van der Waals surface area contributed by atoms with Crippen LogP contribution < -0.4 is 5.73 Å². The number of morpholine rings is 1. The van der Waals surface area contributed by atoms with Gasteiger partial charge in [-0.15, -0.1) is 0 Å². The molecule has 6 nitrogen and oxygen atoms in total. The summed E-state index contributed by atoms with van der Waals surface area (Å²) < 4.78 is 7.28. The highest BCUT2D eigenvalue weighted by Crippen LogP contribution is 2.23. The Kier molecular flexibility index (Phi) is 3.06. The van der Waals surface area contributed by atoms with E-state index < -0.39 is 0 Å². The van der Waals surface area contributed by atoms with Gasteiger partial charge in [0.1, 0.15) is 11.4 Å². The van der Waals surface area contributed by atoms with Gasteiger partial charge >= 0.3 is 0 Å². The molecule has 6 heteroatoms. The Labute approximate surface area is 107 Å². The number of nitrogen functional groups attached to an aromatic ring is 1. The predicted octanol–water partition coefficient (Wildman–Crippen LogP) is 0.642. The Bertz CT molecular complexity index is 467. The van der Waals surface area contributed by atoms with Crippen LogP contribution in [0.15, 0.2) is 6.20 Å². The molecule has 18 heavy (non-hydrogen) atoms. The van der Waals surface area contributed by atoms with Gasteiger partial charge in [0.15, 0.2) is 0 Å². The lowest BCUT2D eigenvalue weighted by atomic mass is 10.0. The first-order valence-electron chi connectivity index (χ1n) is 6.05. The quantitative estimate of drug-likeness (QED) is 0.796. The summed E-state index contributed by atoms with van der Waals surface area (Å²) in [5, 5.41) is 4.00. The molecular formula is C12H20N4O2. The molecule has 1 aromatic heterocycles. The van der Waals surface area contributed by atoms with Crippen LogP contribution in [0.25, 0.3) is 0 Å². The number of hydrogen-bond acceptors (Lipinski definition) is 4. The molecule has 1 atom stereocenters. The fraction of sp³-hybridized carbons (Fsp3) is 0.667. The van der Waals surface area contributed by atoms with E-state index in [0.29, 0.717) is 24.5 Å². The first kappa shape index (κ1) is 12.9. The van der Waals surface area contributed by atoms with Crippen LogP contribution >= 0.6 is 0 Å². The summed E-state index contributed by atoms with van der Waals surface area (Å²) in [6.45, 7) is 7.07. The fourth-order valence-electron chi connectivity index (χ4n) is 2.39. The van der Waals surface area contributed by atoms with Crippen LogP contribution in [-0.2, 0) is 11.8 Å². The summed E-state index contributed by atoms with van der Waals surface area (Å²) >= 11 is 0. The van der Waals surface area contributed by atoms with Crippen LogP contribution in [0, 0.1) is 0 Å². The number of aromatic nitrogens is 2. The van der Waals surface area contributed by atoms with Gasteiger partial charge in [0, 0.05) is 20.1 Å². The van der Waals surface area contributed by atoms with Gasteiger partial charge < -0.3 is 15.4 Å². The number of ether oxygens (including phenoxy) is 1. The summed E-state index contributed by atoms with van der Waals surface area (Å²) in [4.78, 5) is 14.2. The van der Waals surface area contributed by atoms with E-state index in [1.54, 1.807) is 11.9 Å². The van der Waals surface area contributed by atoms with Crippen LogP contribution in [0.1, 0.15) is 31.1 Å². The molecule has 0 aromatic carbocycles. The maximum Gasteiger partial charge on any atom is 0.259 e. The van der Waals surface area contributed by atoms with Crippen molar-refractivity contribution in [2.75, 3.05) is 18.8 Å². The molecule has 1 amide bonds. The summed E-state index contributed by atoms with van der Waals surface area (Å²) in [6.07, 6.45) is 1.54. The number of aryl methyl sites for hydroxylation is 1. The van der Waals surface area contributed by atoms with E-state index >= 15 is 0 Å². The van der Waals surface area contributed by atoms with Crippen molar-refractivity contribution >= 4 is 11.7 Å². The van der Waals surface area contributed by atoms with Crippen molar-refractivity contribution in [1.29, 1.82) is 0 Å². The van der Waals surface area contributed by atoms with E-state index in [2.05, 4.69) is 5.10 Å². The van der Waals surface area contributed by atoms with Crippen LogP contribution in [0.4, 0.5) is 5.82 Å². The smallest absolute Gasteiger partial charge is 0.259 e. The molecule has 1 aliphatic heterocycles. The highest BCUT2D eigenvalue weighted by Gasteiger charge is 2.34. The molecule has 0 saturated carbocycles. The van der Waals surface area contributed by atoms with E-state index in [9.17, 15) is 4.79 Å². The van der Waals surface area contributed by atoms with E-state index in [1.165, 1.54) is 10.9 Å². The van der Waals surface area contributed by atoms with E-state index in [1.807, 2.05) is 20.8 Å². The van der Waals surface area contributed by atoms with Gasteiger partial charge in [0.25, 0.3) is 5.91 Å². The summed E-state index contributed by atoms with van der Waals surface area (Å²) in [6, 6.07) is 0. The maximum atomic E-state index is 12.4. The van der Waals surface area contributed by atoms with Crippen LogP contribution in [0.2, 0.25) is 0 Å². The third kappa shape index (κ3) is 2.33. The molecule has 0 bridgehead atoms. The highest BCUT2D eigenvalue weighted by molar-refractivity contribution is 5.98. The predicted molar refractivity (Wildman–Crippen MR) is 68.1 cm³/mol. The zero-order valence-corrected chi connectivity index (χ0v) is 11.3. The zero-order chi connectivity index (χ0) is 13.5. The molecule has 0 spiro atoms. The SMILES string of the molecule is CC1CN(C(=O)c2cnn(C)c2N)CC(C)(C)O1. The number of hydrogen-bond donors (Lipinski definition) is 1. The van der Waals surface area contributed by atoms with Crippen LogP contribution in [-0.4, -0.2) is 45.4 Å². The number of rotatable bonds is 1. The second kappa shape index (κ2) is 4.28. The second-order valence-electron chi connectivity index (χ2n) is 5.44. The zero-order valence-electron chi connectivity index (χ0n) is 11.3. The fourth-order valence-corrected chi connectivity index (χ4v) is 2.39. The molecule has 0 radical (unpaired) electrons. The molecular weight excluding hydrogens is 232 g/mol. The van der Waals surface area contributed by atoms with Crippen molar-refractivity contribution in [3.8, 4) is 0 Å². The highest BCUT2D eigenvalue weighted by atomic mass is 16.5. The topological polar surface area (TPSA) is 73.4 Å². The first-order valence-corrected chi connectivity index (χ1v) is 6.05. The van der Waals surface area contributed by atoms with Crippen LogP contribution in [0.3, 0.4) is 0 Å². The van der Waals surface area contributed by atoms with Crippen molar-refractivity contribution in [2.45, 2.75) is 32.5 Å². The molecule has 1 saturated heterocycles. The lowest BCUT2D eigenvalue weighted by molar-refractivity contribution is -0.118. The number of nitrogens with zero attached hydrogens (tertiary/aromatic N) is 3. The van der Waals surface area contributed by atoms with Crippen molar-refractivity contribution in [1.82, 2.24) is 14.7 Å². The van der Waals surface area contributed by atoms with E-state index in [0.717, 1.165) is 0 Å². The average molecular weight is 252 g/mol. The van der Waals surface area contributed by atoms with Crippen LogP contribution in [0.5, 0.6) is 0 Å². The minimum Gasteiger partial charge on any atom is -0.383 e. The third-order valence-electron chi connectivity index (χ3n) is 3.07. The normalized spacial score (nSPS) is 23.1. The Morgan fingerprint density at radius 3 is 2.78 bits per heavy atom. The minimum atomic E-state index is -0.329. The van der Waals surface area contributed by atoms with Gasteiger partial charge in [-0.3, -0.25) is 9.48 Å². The molecule has 2 N–H and O–H groups in total. The standard InChI is InChI=1S/C12H20N4O2/c1-8-6-16(7-12(2,3)18-8)11(17)9-5-14-15(4)10(9)13/h5,8H,6-7,13H2,1-4H3. The molecule has 1 unspecified atom stereocenters. The third-order valence-corrected chi connectivity index (χ3v) is 3.07. The number of carbonyl (C=O) groups excluding carboxylic acids is 1. The lowest BCUT2D eigenvalue weighted by Crippen LogP contribution is -2.53. The number of amides is 1. The maximum absolute atomic E-state index is 12.4. The van der Waals surface area contributed by atoms with Gasteiger partial charge in [0.05, 0.1) is 17.9 Å². The van der Waals surface area contributed by atoms with Gasteiger partial charge in [-0.25, -0.2) is 0 Å². The molecule has 1 fully saturated rings. The van der Waals surface area contributed by atoms with E-state index in [-0.39, 0.29) is 17.6 Å². The van der Waals surface area contributed by atoms with Crippen molar-refractivity contribution in [3.05, 3.63) is 11.8 Å². The van der Waals surface area contributed by atoms with Gasteiger partial charge in [0.2, 0.25) is 0 Å².